The number of halogens is 1. The number of rotatable bonds is 3. The maximum absolute atomic E-state index is 12.8. The molecule has 27 heavy (non-hydrogen) atoms. The average molecular weight is 428 g/mol. The number of carboxylic acids is 1. The number of hydrogen-bond donors (Lipinski definition) is 2. The van der Waals surface area contributed by atoms with E-state index in [-0.39, 0.29) is 11.7 Å². The molecule has 2 N–H and O–H groups in total. The smallest absolute Gasteiger partial charge is 0.307 e. The van der Waals surface area contributed by atoms with Gasteiger partial charge in [0.1, 0.15) is 0 Å². The molecule has 2 aliphatic carbocycles. The van der Waals surface area contributed by atoms with Crippen LogP contribution >= 0.6 is 15.9 Å². The van der Waals surface area contributed by atoms with Crippen molar-refractivity contribution in [1.29, 1.82) is 0 Å². The van der Waals surface area contributed by atoms with Crippen molar-refractivity contribution in [1.82, 2.24) is 0 Å². The van der Waals surface area contributed by atoms with Crippen LogP contribution in [0.3, 0.4) is 0 Å². The summed E-state index contributed by atoms with van der Waals surface area (Å²) in [5.74, 6) is -2.49. The predicted molar refractivity (Wildman–Crippen MR) is 105 cm³/mol. The van der Waals surface area contributed by atoms with Crippen LogP contribution in [-0.2, 0) is 9.59 Å². The highest BCUT2D eigenvalue weighted by molar-refractivity contribution is 9.10. The maximum atomic E-state index is 12.8. The van der Waals surface area contributed by atoms with E-state index in [9.17, 15) is 19.5 Å². The number of nitrogens with one attached hydrogen (secondary N) is 1. The van der Waals surface area contributed by atoms with Crippen molar-refractivity contribution in [2.45, 2.75) is 25.7 Å². The zero-order valence-corrected chi connectivity index (χ0v) is 16.1. The molecule has 0 unspecified atom stereocenters. The molecule has 6 heteroatoms. The molecule has 0 bridgehead atoms. The Morgan fingerprint density at radius 2 is 1.63 bits per heavy atom. The topological polar surface area (TPSA) is 83.5 Å². The molecule has 0 heterocycles. The number of carbonyl (C=O) groups excluding carboxylic acids is 2. The van der Waals surface area contributed by atoms with E-state index in [4.69, 9.17) is 0 Å². The first-order valence-corrected chi connectivity index (χ1v) is 9.78. The summed E-state index contributed by atoms with van der Waals surface area (Å²) in [5.41, 5.74) is 3.42. The van der Waals surface area contributed by atoms with Gasteiger partial charge in [0.2, 0.25) is 5.91 Å². The molecular formula is C21H18BrNO4. The molecule has 0 saturated heterocycles. The molecule has 0 radical (unpaired) electrons. The number of hydrogen-bond acceptors (Lipinski definition) is 3. The number of benzene rings is 2. The van der Waals surface area contributed by atoms with Crippen LogP contribution < -0.4 is 5.32 Å². The van der Waals surface area contributed by atoms with E-state index in [0.717, 1.165) is 24.0 Å². The van der Waals surface area contributed by atoms with Gasteiger partial charge in [0.05, 0.1) is 17.5 Å². The quantitative estimate of drug-likeness (QED) is 0.644. The van der Waals surface area contributed by atoms with Crippen molar-refractivity contribution in [3.8, 4) is 11.1 Å². The minimum atomic E-state index is -0.923. The van der Waals surface area contributed by atoms with Crippen LogP contribution in [0.25, 0.3) is 11.1 Å². The molecule has 1 amide bonds. The van der Waals surface area contributed by atoms with Crippen LogP contribution in [0, 0.1) is 11.8 Å². The lowest BCUT2D eigenvalue weighted by Crippen LogP contribution is -2.36. The Morgan fingerprint density at radius 3 is 2.33 bits per heavy atom. The third-order valence-corrected chi connectivity index (χ3v) is 6.15. The van der Waals surface area contributed by atoms with Crippen LogP contribution in [0.2, 0.25) is 0 Å². The predicted octanol–water partition coefficient (Wildman–Crippen LogP) is 4.49. The van der Waals surface area contributed by atoms with Crippen LogP contribution in [-0.4, -0.2) is 22.8 Å². The van der Waals surface area contributed by atoms with Crippen LogP contribution in [0.1, 0.15) is 41.6 Å². The fourth-order valence-corrected chi connectivity index (χ4v) is 4.55. The highest BCUT2D eigenvalue weighted by Crippen LogP contribution is 2.41. The number of aliphatic carboxylic acids is 1. The second-order valence-electron chi connectivity index (χ2n) is 7.08. The van der Waals surface area contributed by atoms with E-state index >= 15 is 0 Å². The molecule has 2 aromatic rings. The van der Waals surface area contributed by atoms with Gasteiger partial charge in [-0.15, -0.1) is 0 Å². The van der Waals surface area contributed by atoms with Crippen molar-refractivity contribution in [3.63, 3.8) is 0 Å². The Labute approximate surface area is 164 Å². The summed E-state index contributed by atoms with van der Waals surface area (Å²) in [6.07, 6.45) is 2.76. The number of carbonyl (C=O) groups is 3. The number of anilines is 1. The Balaban J connectivity index is 1.64. The highest BCUT2D eigenvalue weighted by atomic mass is 79.9. The zero-order chi connectivity index (χ0) is 19.1. The minimum Gasteiger partial charge on any atom is -0.481 e. The first-order chi connectivity index (χ1) is 13.0. The number of fused-ring (bicyclic) bond motifs is 3. The second kappa shape index (κ2) is 6.93. The van der Waals surface area contributed by atoms with Gasteiger partial charge in [-0.25, -0.2) is 0 Å². The lowest BCUT2D eigenvalue weighted by molar-refractivity contribution is -0.147. The summed E-state index contributed by atoms with van der Waals surface area (Å²) < 4.78 is 0.668. The van der Waals surface area contributed by atoms with Crippen molar-refractivity contribution >= 4 is 39.3 Å². The number of carboxylic acid groups (broad SMARTS) is 1. The van der Waals surface area contributed by atoms with Gasteiger partial charge in [0, 0.05) is 15.6 Å². The number of ketones is 1. The molecule has 2 atom stereocenters. The Kier molecular flexibility index (Phi) is 4.60. The van der Waals surface area contributed by atoms with Crippen molar-refractivity contribution in [2.24, 2.45) is 11.8 Å². The van der Waals surface area contributed by atoms with Crippen molar-refractivity contribution in [2.75, 3.05) is 5.32 Å². The second-order valence-corrected chi connectivity index (χ2v) is 7.93. The summed E-state index contributed by atoms with van der Waals surface area (Å²) in [6, 6.07) is 10.9. The molecule has 1 fully saturated rings. The number of amides is 1. The molecule has 0 aromatic heterocycles. The Morgan fingerprint density at radius 1 is 0.963 bits per heavy atom. The van der Waals surface area contributed by atoms with E-state index in [1.165, 1.54) is 0 Å². The minimum absolute atomic E-state index is 0.0651. The first-order valence-electron chi connectivity index (χ1n) is 8.98. The van der Waals surface area contributed by atoms with Gasteiger partial charge in [0.25, 0.3) is 0 Å². The largest absolute Gasteiger partial charge is 0.481 e. The van der Waals surface area contributed by atoms with Gasteiger partial charge < -0.3 is 10.4 Å². The fraction of sp³-hybridized carbons (Fsp3) is 0.286. The van der Waals surface area contributed by atoms with Crippen LogP contribution in [0.5, 0.6) is 0 Å². The molecule has 0 aliphatic heterocycles. The van der Waals surface area contributed by atoms with Gasteiger partial charge in [-0.1, -0.05) is 37.1 Å². The molecule has 2 aromatic carbocycles. The molecule has 4 rings (SSSR count). The van der Waals surface area contributed by atoms with Crippen LogP contribution in [0.15, 0.2) is 40.9 Å². The molecule has 0 spiro atoms. The van der Waals surface area contributed by atoms with E-state index in [1.54, 1.807) is 12.1 Å². The molecular weight excluding hydrogens is 410 g/mol. The Hall–Kier alpha value is -2.47. The summed E-state index contributed by atoms with van der Waals surface area (Å²) in [5, 5.41) is 12.2. The lowest BCUT2D eigenvalue weighted by atomic mass is 9.78. The highest BCUT2D eigenvalue weighted by Gasteiger charge is 2.36. The maximum Gasteiger partial charge on any atom is 0.307 e. The van der Waals surface area contributed by atoms with Gasteiger partial charge in [0.15, 0.2) is 5.78 Å². The van der Waals surface area contributed by atoms with Crippen LogP contribution in [0.4, 0.5) is 5.69 Å². The van der Waals surface area contributed by atoms with Gasteiger partial charge in [-0.3, -0.25) is 14.4 Å². The third kappa shape index (κ3) is 3.08. The van der Waals surface area contributed by atoms with E-state index in [2.05, 4.69) is 21.2 Å². The summed E-state index contributed by atoms with van der Waals surface area (Å²) in [6.45, 7) is 0. The van der Waals surface area contributed by atoms with E-state index in [0.29, 0.717) is 34.1 Å². The molecule has 2 aliphatic rings. The monoisotopic (exact) mass is 427 g/mol. The average Bonchev–Trinajstić information content (AvgIpc) is 2.94. The molecule has 1 saturated carbocycles. The normalized spacial score (nSPS) is 20.7. The van der Waals surface area contributed by atoms with E-state index in [1.807, 2.05) is 24.3 Å². The third-order valence-electron chi connectivity index (χ3n) is 5.49. The van der Waals surface area contributed by atoms with Crippen molar-refractivity contribution < 1.29 is 19.5 Å². The summed E-state index contributed by atoms with van der Waals surface area (Å²) in [7, 11) is 0. The lowest BCUT2D eigenvalue weighted by Gasteiger charge is -2.27. The SMILES string of the molecule is O=C1c2ccccc2-c2cc(Br)c(NC(=O)[C@@H]3CCCC[C@@H]3C(=O)O)cc21. The Bertz CT molecular complexity index is 969. The van der Waals surface area contributed by atoms with Gasteiger partial charge in [-0.05, 0) is 52.0 Å². The summed E-state index contributed by atoms with van der Waals surface area (Å²) in [4.78, 5) is 36.9. The first kappa shape index (κ1) is 17.9. The zero-order valence-electron chi connectivity index (χ0n) is 14.5. The van der Waals surface area contributed by atoms with E-state index < -0.39 is 17.8 Å². The van der Waals surface area contributed by atoms with Gasteiger partial charge in [-0.2, -0.15) is 0 Å². The molecule has 138 valence electrons. The van der Waals surface area contributed by atoms with Crippen molar-refractivity contribution in [3.05, 3.63) is 52.0 Å². The standard InChI is InChI=1S/C21H18BrNO4/c22-17-9-15-11-5-1-2-6-12(11)19(24)16(15)10-18(17)23-20(25)13-7-3-4-8-14(13)21(26)27/h1-2,5-6,9-10,13-14H,3-4,7-8H2,(H,23,25)(H,26,27)/t13-,14+/m1/s1. The molecule has 5 nitrogen and oxygen atoms in total. The fourth-order valence-electron chi connectivity index (χ4n) is 4.11. The van der Waals surface area contributed by atoms with Gasteiger partial charge >= 0.3 is 5.97 Å². The summed E-state index contributed by atoms with van der Waals surface area (Å²) >= 11 is 3.48.